The Hall–Kier alpha value is -7.06. The third-order valence-corrected chi connectivity index (χ3v) is 22.1. The van der Waals surface area contributed by atoms with Crippen molar-refractivity contribution < 1.29 is 70.7 Å². The van der Waals surface area contributed by atoms with Crippen LogP contribution in [0.25, 0.3) is 0 Å². The number of hydrogen-bond donors (Lipinski definition) is 3. The SMILES string of the molecule is CC[C@H](C)[C@@H]1NC(=O)[C@H](CC)N(C)C(=O)C[C@@H](C(=O)N2CCCC2)N(C)C(=O)[C@H](C2CCCCC2)N(C)C(=O)C2(CCCC2)NC(=O)C2CCCN2C(=O)[C@H](CCc2ccc(C(F)(F)F)c(Cl)c2)NC(=O)CN(C)C(=O)[C@H](CC2CCCCC2)N(C)C(=O)CN(C)C(=O)CN(C)C1=O. The highest BCUT2D eigenvalue weighted by Gasteiger charge is 2.51. The average molecular weight is 1400 g/mol. The highest BCUT2D eigenvalue weighted by Crippen LogP contribution is 2.38. The molecule has 3 heterocycles. The molecule has 98 heavy (non-hydrogen) atoms. The van der Waals surface area contributed by atoms with Crippen LogP contribution in [0.3, 0.4) is 0 Å². The minimum atomic E-state index is -4.76. The minimum Gasteiger partial charge on any atom is -0.343 e. The number of alkyl halides is 3. The summed E-state index contributed by atoms with van der Waals surface area (Å²) >= 11 is 6.15. The van der Waals surface area contributed by atoms with Crippen molar-refractivity contribution in [2.45, 2.75) is 229 Å². The first kappa shape index (κ1) is 78.3. The van der Waals surface area contributed by atoms with Gasteiger partial charge >= 0.3 is 6.18 Å². The summed E-state index contributed by atoms with van der Waals surface area (Å²) < 4.78 is 41.6. The Labute approximate surface area is 580 Å². The molecule has 0 aromatic heterocycles. The zero-order valence-electron chi connectivity index (χ0n) is 59.2. The van der Waals surface area contributed by atoms with E-state index in [2.05, 4.69) is 16.0 Å². The number of hydrogen-bond acceptors (Lipinski definition) is 12. The molecule has 28 heteroatoms. The Morgan fingerprint density at radius 2 is 1.22 bits per heavy atom. The molecule has 0 bridgehead atoms. The third-order valence-electron chi connectivity index (χ3n) is 21.8. The van der Waals surface area contributed by atoms with Crippen molar-refractivity contribution in [3.8, 4) is 0 Å². The molecule has 3 aliphatic heterocycles. The van der Waals surface area contributed by atoms with Gasteiger partial charge in [-0.2, -0.15) is 13.2 Å². The normalized spacial score (nSPS) is 27.1. The second kappa shape index (κ2) is 34.8. The average Bonchev–Trinajstić information content (AvgIpc) is 1.49. The molecule has 1 spiro atoms. The van der Waals surface area contributed by atoms with Crippen molar-refractivity contribution in [2.24, 2.45) is 17.8 Å². The number of rotatable bonds is 10. The van der Waals surface area contributed by atoms with Gasteiger partial charge in [-0.25, -0.2) is 0 Å². The van der Waals surface area contributed by atoms with Crippen molar-refractivity contribution in [3.63, 3.8) is 0 Å². The summed E-state index contributed by atoms with van der Waals surface area (Å²) in [4.78, 5) is 189. The molecule has 3 saturated carbocycles. The maximum atomic E-state index is 15.7. The van der Waals surface area contributed by atoms with Crippen LogP contribution in [-0.2, 0) is 70.1 Å². The molecular formula is C70H106ClF3N12O12. The molecule has 3 aliphatic carbocycles. The van der Waals surface area contributed by atoms with Crippen LogP contribution in [0.2, 0.25) is 5.02 Å². The van der Waals surface area contributed by atoms with E-state index in [4.69, 9.17) is 11.6 Å². The summed E-state index contributed by atoms with van der Waals surface area (Å²) in [6.45, 7) is 4.40. The number of carbonyl (C=O) groups is 12. The van der Waals surface area contributed by atoms with Gasteiger partial charge in [-0.05, 0) is 112 Å². The Morgan fingerprint density at radius 3 is 1.83 bits per heavy atom. The van der Waals surface area contributed by atoms with E-state index in [1.165, 1.54) is 79.9 Å². The van der Waals surface area contributed by atoms with Crippen LogP contribution in [0.5, 0.6) is 0 Å². The predicted octanol–water partition coefficient (Wildman–Crippen LogP) is 5.40. The molecule has 1 aromatic carbocycles. The van der Waals surface area contributed by atoms with Crippen LogP contribution in [0.15, 0.2) is 18.2 Å². The summed E-state index contributed by atoms with van der Waals surface area (Å²) in [5.41, 5.74) is -2.33. The zero-order valence-corrected chi connectivity index (χ0v) is 59.9. The van der Waals surface area contributed by atoms with Crippen LogP contribution in [0.4, 0.5) is 13.2 Å². The molecule has 24 nitrogen and oxygen atoms in total. The van der Waals surface area contributed by atoms with Gasteiger partial charge in [0.2, 0.25) is 70.9 Å². The molecule has 7 rings (SSSR count). The molecular weight excluding hydrogens is 1290 g/mol. The number of aryl methyl sites for hydroxylation is 1. The van der Waals surface area contributed by atoms with Gasteiger partial charge in [0.15, 0.2) is 0 Å². The van der Waals surface area contributed by atoms with Gasteiger partial charge in [0.25, 0.3) is 0 Å². The van der Waals surface area contributed by atoms with E-state index >= 15 is 19.2 Å². The van der Waals surface area contributed by atoms with Crippen molar-refractivity contribution in [2.75, 3.05) is 88.6 Å². The van der Waals surface area contributed by atoms with E-state index in [-0.39, 0.29) is 57.4 Å². The summed E-state index contributed by atoms with van der Waals surface area (Å²) in [6, 6.07) is -5.47. The van der Waals surface area contributed by atoms with Crippen molar-refractivity contribution in [1.29, 1.82) is 0 Å². The summed E-state index contributed by atoms with van der Waals surface area (Å²) in [6.07, 6.45) is 6.23. The largest absolute Gasteiger partial charge is 0.417 e. The zero-order chi connectivity index (χ0) is 72.1. The molecule has 546 valence electrons. The number of fused-ring (bicyclic) bond motifs is 1. The van der Waals surface area contributed by atoms with E-state index in [0.29, 0.717) is 70.0 Å². The quantitative estimate of drug-likeness (QED) is 0.266. The van der Waals surface area contributed by atoms with Crippen molar-refractivity contribution in [1.82, 2.24) is 60.0 Å². The third kappa shape index (κ3) is 19.1. The maximum Gasteiger partial charge on any atom is 0.417 e. The number of halogens is 4. The Morgan fingerprint density at radius 1 is 0.622 bits per heavy atom. The standard InChI is InChI=1S/C70H106ClF3N12O12/c1-11-44(3)59-66(96)80(6)42-57(89)78(4)43-58(90)82(8)53(39-45-24-15-13-16-25-45)64(94)79(5)41-55(87)75-50(32-30-46-29-31-48(49(71)38-46)70(72,73)74)63(93)86-37-23-28-52(86)62(92)77-69(33-19-20-34-69)68(98)84(10)60(47-26-17-14-18-27-47)67(97)83(9)54(65(95)85-35-21-22-36-85)40-56(88)81(7)51(12-2)61(91)76-59/h29,31,38,44-45,47,50-54,59-60H,11-28,30,32-37,39-43H2,1-10H3,(H,75,87)(H,76,91)(H,77,92)/t44-,50-,51-,52?,53-,54-,59-,60-/m0/s1. The first-order valence-electron chi connectivity index (χ1n) is 35.5. The fraction of sp³-hybridized carbons (Fsp3) is 0.743. The number of carbonyl (C=O) groups excluding carboxylic acids is 12. The van der Waals surface area contributed by atoms with Gasteiger partial charge in [-0.15, -0.1) is 0 Å². The lowest BCUT2D eigenvalue weighted by molar-refractivity contribution is -0.156. The Kier molecular flexibility index (Phi) is 27.8. The van der Waals surface area contributed by atoms with Gasteiger partial charge in [0.05, 0.1) is 36.6 Å². The number of benzene rings is 1. The lowest BCUT2D eigenvalue weighted by atomic mass is 9.81. The van der Waals surface area contributed by atoms with Crippen LogP contribution >= 0.6 is 11.6 Å². The molecule has 6 fully saturated rings. The molecule has 12 amide bonds. The van der Waals surface area contributed by atoms with Crippen LogP contribution in [0.1, 0.15) is 180 Å². The van der Waals surface area contributed by atoms with Gasteiger partial charge < -0.3 is 60.0 Å². The van der Waals surface area contributed by atoms with Crippen LogP contribution < -0.4 is 16.0 Å². The lowest BCUT2D eigenvalue weighted by Gasteiger charge is -2.43. The molecule has 3 saturated heterocycles. The smallest absolute Gasteiger partial charge is 0.343 e. The first-order valence-corrected chi connectivity index (χ1v) is 35.9. The molecule has 1 aromatic rings. The Bertz CT molecular complexity index is 3060. The highest BCUT2D eigenvalue weighted by molar-refractivity contribution is 6.31. The number of nitrogens with zero attached hydrogens (tertiary/aromatic N) is 9. The first-order chi connectivity index (χ1) is 46.3. The topological polar surface area (TPSA) is 270 Å². The second-order valence-corrected chi connectivity index (χ2v) is 29.0. The second-order valence-electron chi connectivity index (χ2n) is 28.6. The Balaban J connectivity index is 1.27. The van der Waals surface area contributed by atoms with E-state index in [1.54, 1.807) is 18.7 Å². The monoisotopic (exact) mass is 1400 g/mol. The molecule has 6 aliphatic rings. The summed E-state index contributed by atoms with van der Waals surface area (Å²) in [7, 11) is 9.95. The van der Waals surface area contributed by atoms with Crippen LogP contribution in [0, 0.1) is 17.8 Å². The lowest BCUT2D eigenvalue weighted by Crippen LogP contribution is -2.65. The van der Waals surface area contributed by atoms with E-state index in [0.717, 1.165) is 78.2 Å². The maximum absolute atomic E-state index is 15.7. The fourth-order valence-electron chi connectivity index (χ4n) is 15.4. The fourth-order valence-corrected chi connectivity index (χ4v) is 15.7. The van der Waals surface area contributed by atoms with E-state index < -0.39 is 173 Å². The molecule has 1 unspecified atom stereocenters. The van der Waals surface area contributed by atoms with E-state index in [1.807, 2.05) is 6.92 Å². The summed E-state index contributed by atoms with van der Waals surface area (Å²) in [5.74, 6) is -8.54. The van der Waals surface area contributed by atoms with Gasteiger partial charge in [0, 0.05) is 69.0 Å². The van der Waals surface area contributed by atoms with Crippen molar-refractivity contribution in [3.05, 3.63) is 34.3 Å². The van der Waals surface area contributed by atoms with E-state index in [9.17, 15) is 51.5 Å². The van der Waals surface area contributed by atoms with Gasteiger partial charge in [-0.3, -0.25) is 57.5 Å². The number of amides is 12. The number of nitrogens with one attached hydrogen (secondary N) is 3. The molecule has 0 radical (unpaired) electrons. The van der Waals surface area contributed by atoms with Gasteiger partial charge in [-0.1, -0.05) is 109 Å². The summed E-state index contributed by atoms with van der Waals surface area (Å²) in [5, 5.41) is 8.12. The predicted molar refractivity (Wildman–Crippen MR) is 360 cm³/mol. The number of likely N-dealkylation sites (tertiary alicyclic amines) is 1. The molecule has 8 atom stereocenters. The molecule has 3 N–H and O–H groups in total. The van der Waals surface area contributed by atoms with Gasteiger partial charge in [0.1, 0.15) is 47.8 Å². The number of likely N-dealkylation sites (N-methyl/N-ethyl adjacent to an activating group) is 7. The highest BCUT2D eigenvalue weighted by atomic mass is 35.5. The van der Waals surface area contributed by atoms with Crippen molar-refractivity contribution >= 4 is 82.5 Å². The van der Waals surface area contributed by atoms with Crippen LogP contribution in [-0.4, -0.2) is 251 Å². The minimum absolute atomic E-state index is 0.0220.